The maximum atomic E-state index is 12.0. The number of rotatable bonds is 8. The zero-order chi connectivity index (χ0) is 17.4. The number of hydrogen-bond acceptors (Lipinski definition) is 4. The summed E-state index contributed by atoms with van der Waals surface area (Å²) in [5, 5.41) is 3.30. The Labute approximate surface area is 146 Å². The van der Waals surface area contributed by atoms with Gasteiger partial charge in [0.2, 0.25) is 0 Å². The van der Waals surface area contributed by atoms with Gasteiger partial charge in [0.1, 0.15) is 23.9 Å². The van der Waals surface area contributed by atoms with Crippen molar-refractivity contribution >= 4 is 17.5 Å². The fraction of sp³-hybridized carbons (Fsp3) is 0.278. The van der Waals surface area contributed by atoms with E-state index in [9.17, 15) is 4.79 Å². The highest BCUT2D eigenvalue weighted by atomic mass is 35.5. The first-order chi connectivity index (χ1) is 11.6. The molecule has 0 aliphatic heterocycles. The fourth-order valence-electron chi connectivity index (χ4n) is 1.95. The first-order valence-corrected chi connectivity index (χ1v) is 7.93. The summed E-state index contributed by atoms with van der Waals surface area (Å²) in [4.78, 5) is 12.0. The minimum absolute atomic E-state index is 0.214. The van der Waals surface area contributed by atoms with Crippen molar-refractivity contribution in [3.8, 4) is 17.2 Å². The maximum Gasteiger partial charge on any atom is 0.260 e. The highest BCUT2D eigenvalue weighted by Crippen LogP contribution is 2.22. The summed E-state index contributed by atoms with van der Waals surface area (Å²) in [6, 6.07) is 14.3. The Morgan fingerprint density at radius 3 is 2.46 bits per heavy atom. The molecule has 0 radical (unpaired) electrons. The molecule has 0 spiro atoms. The molecule has 0 bridgehead atoms. The minimum Gasteiger partial charge on any atom is -0.497 e. The van der Waals surface area contributed by atoms with E-state index in [2.05, 4.69) is 5.32 Å². The third kappa shape index (κ3) is 5.35. The largest absolute Gasteiger partial charge is 0.497 e. The van der Waals surface area contributed by atoms with Crippen LogP contribution in [0.1, 0.15) is 6.92 Å². The molecular weight excluding hydrogens is 330 g/mol. The molecule has 1 N–H and O–H groups in total. The van der Waals surface area contributed by atoms with Crippen molar-refractivity contribution in [3.05, 3.63) is 53.6 Å². The average Bonchev–Trinajstić information content (AvgIpc) is 2.60. The van der Waals surface area contributed by atoms with Crippen molar-refractivity contribution in [1.29, 1.82) is 0 Å². The van der Waals surface area contributed by atoms with Crippen LogP contribution in [0.2, 0.25) is 5.02 Å². The van der Waals surface area contributed by atoms with Gasteiger partial charge in [-0.25, -0.2) is 0 Å². The van der Waals surface area contributed by atoms with Crippen LogP contribution in [-0.2, 0) is 4.79 Å². The molecule has 0 fully saturated rings. The third-order valence-electron chi connectivity index (χ3n) is 3.24. The van der Waals surface area contributed by atoms with E-state index in [0.29, 0.717) is 29.7 Å². The molecule has 0 aromatic heterocycles. The molecule has 24 heavy (non-hydrogen) atoms. The number of halogens is 1. The molecule has 0 heterocycles. The van der Waals surface area contributed by atoms with E-state index in [-0.39, 0.29) is 5.91 Å². The number of benzene rings is 2. The second-order valence-corrected chi connectivity index (χ2v) is 5.41. The first kappa shape index (κ1) is 17.9. The topological polar surface area (TPSA) is 56.8 Å². The van der Waals surface area contributed by atoms with E-state index >= 15 is 0 Å². The SMILES string of the molecule is COc1ccc(OC(C)C(=O)NCCOc2ccccc2Cl)cc1. The van der Waals surface area contributed by atoms with Gasteiger partial charge in [0, 0.05) is 0 Å². The average molecular weight is 350 g/mol. The van der Waals surface area contributed by atoms with Crippen LogP contribution in [0.4, 0.5) is 0 Å². The van der Waals surface area contributed by atoms with Crippen molar-refractivity contribution in [2.24, 2.45) is 0 Å². The van der Waals surface area contributed by atoms with Gasteiger partial charge in [-0.15, -0.1) is 0 Å². The molecule has 2 aromatic rings. The molecule has 0 saturated carbocycles. The molecular formula is C18H20ClNO4. The Bertz CT molecular complexity index is 660. The van der Waals surface area contributed by atoms with Gasteiger partial charge in [-0.3, -0.25) is 4.79 Å². The minimum atomic E-state index is -0.612. The number of amides is 1. The van der Waals surface area contributed by atoms with Crippen LogP contribution in [0.15, 0.2) is 48.5 Å². The smallest absolute Gasteiger partial charge is 0.260 e. The molecule has 2 rings (SSSR count). The second kappa shape index (κ2) is 9.03. The van der Waals surface area contributed by atoms with E-state index in [0.717, 1.165) is 5.75 Å². The number of carbonyl (C=O) groups is 1. The van der Waals surface area contributed by atoms with Gasteiger partial charge in [0.15, 0.2) is 6.10 Å². The Morgan fingerprint density at radius 2 is 1.79 bits per heavy atom. The van der Waals surface area contributed by atoms with Gasteiger partial charge in [-0.2, -0.15) is 0 Å². The van der Waals surface area contributed by atoms with E-state index in [1.807, 2.05) is 12.1 Å². The van der Waals surface area contributed by atoms with Crippen molar-refractivity contribution < 1.29 is 19.0 Å². The number of hydrogen-bond donors (Lipinski definition) is 1. The van der Waals surface area contributed by atoms with Gasteiger partial charge in [-0.05, 0) is 43.3 Å². The van der Waals surface area contributed by atoms with Crippen molar-refractivity contribution in [3.63, 3.8) is 0 Å². The van der Waals surface area contributed by atoms with E-state index in [4.69, 9.17) is 25.8 Å². The van der Waals surface area contributed by atoms with Crippen LogP contribution in [0.5, 0.6) is 17.2 Å². The lowest BCUT2D eigenvalue weighted by atomic mass is 10.3. The third-order valence-corrected chi connectivity index (χ3v) is 3.55. The van der Waals surface area contributed by atoms with Crippen LogP contribution in [-0.4, -0.2) is 32.3 Å². The first-order valence-electron chi connectivity index (χ1n) is 7.56. The van der Waals surface area contributed by atoms with E-state index in [1.54, 1.807) is 50.4 Å². The lowest BCUT2D eigenvalue weighted by Gasteiger charge is -2.15. The lowest BCUT2D eigenvalue weighted by molar-refractivity contribution is -0.127. The molecule has 0 aliphatic rings. The maximum absolute atomic E-state index is 12.0. The molecule has 128 valence electrons. The van der Waals surface area contributed by atoms with Crippen LogP contribution in [0, 0.1) is 0 Å². The van der Waals surface area contributed by atoms with Crippen LogP contribution in [0.25, 0.3) is 0 Å². The van der Waals surface area contributed by atoms with Crippen LogP contribution in [0.3, 0.4) is 0 Å². The summed E-state index contributed by atoms with van der Waals surface area (Å²) in [6.07, 6.45) is -0.612. The number of nitrogens with one attached hydrogen (secondary N) is 1. The van der Waals surface area contributed by atoms with Gasteiger partial charge in [0.25, 0.3) is 5.91 Å². The Kier molecular flexibility index (Phi) is 6.75. The molecule has 5 nitrogen and oxygen atoms in total. The Morgan fingerprint density at radius 1 is 1.12 bits per heavy atom. The molecule has 2 aromatic carbocycles. The number of carbonyl (C=O) groups excluding carboxylic acids is 1. The van der Waals surface area contributed by atoms with Gasteiger partial charge in [-0.1, -0.05) is 23.7 Å². The molecule has 0 aliphatic carbocycles. The Hall–Kier alpha value is -2.40. The number of methoxy groups -OCH3 is 1. The molecule has 6 heteroatoms. The second-order valence-electron chi connectivity index (χ2n) is 5.01. The normalized spacial score (nSPS) is 11.5. The zero-order valence-corrected chi connectivity index (χ0v) is 14.4. The summed E-state index contributed by atoms with van der Waals surface area (Å²) in [6.45, 7) is 2.37. The summed E-state index contributed by atoms with van der Waals surface area (Å²) in [7, 11) is 1.59. The molecule has 1 amide bonds. The molecule has 1 unspecified atom stereocenters. The lowest BCUT2D eigenvalue weighted by Crippen LogP contribution is -2.38. The quantitative estimate of drug-likeness (QED) is 0.743. The van der Waals surface area contributed by atoms with Crippen LogP contribution >= 0.6 is 11.6 Å². The zero-order valence-electron chi connectivity index (χ0n) is 13.6. The number of para-hydroxylation sites is 1. The van der Waals surface area contributed by atoms with Crippen LogP contribution < -0.4 is 19.5 Å². The van der Waals surface area contributed by atoms with E-state index < -0.39 is 6.10 Å². The van der Waals surface area contributed by atoms with Gasteiger partial charge in [0.05, 0.1) is 18.7 Å². The van der Waals surface area contributed by atoms with Gasteiger partial charge < -0.3 is 19.5 Å². The van der Waals surface area contributed by atoms with Crippen molar-refractivity contribution in [2.45, 2.75) is 13.0 Å². The predicted octanol–water partition coefficient (Wildman–Crippen LogP) is 3.31. The van der Waals surface area contributed by atoms with Crippen molar-refractivity contribution in [2.75, 3.05) is 20.3 Å². The highest BCUT2D eigenvalue weighted by molar-refractivity contribution is 6.32. The number of ether oxygens (including phenoxy) is 3. The van der Waals surface area contributed by atoms with Crippen molar-refractivity contribution in [1.82, 2.24) is 5.32 Å². The summed E-state index contributed by atoms with van der Waals surface area (Å²) >= 11 is 5.99. The standard InChI is InChI=1S/C18H20ClNO4/c1-13(24-15-9-7-14(22-2)8-10-15)18(21)20-11-12-23-17-6-4-3-5-16(17)19/h3-10,13H,11-12H2,1-2H3,(H,20,21). The predicted molar refractivity (Wildman–Crippen MR) is 93.0 cm³/mol. The molecule has 1 atom stereocenters. The monoisotopic (exact) mass is 349 g/mol. The highest BCUT2D eigenvalue weighted by Gasteiger charge is 2.14. The summed E-state index contributed by atoms with van der Waals surface area (Å²) < 4.78 is 16.2. The Balaban J connectivity index is 1.72. The summed E-state index contributed by atoms with van der Waals surface area (Å²) in [5.41, 5.74) is 0. The molecule has 0 saturated heterocycles. The fourth-order valence-corrected chi connectivity index (χ4v) is 2.14. The van der Waals surface area contributed by atoms with Gasteiger partial charge >= 0.3 is 0 Å². The summed E-state index contributed by atoms with van der Waals surface area (Å²) in [5.74, 6) is 1.71. The van der Waals surface area contributed by atoms with E-state index in [1.165, 1.54) is 0 Å².